The summed E-state index contributed by atoms with van der Waals surface area (Å²) < 4.78 is 13.8. The number of pyridine rings is 1. The van der Waals surface area contributed by atoms with Gasteiger partial charge in [-0.25, -0.2) is 9.24 Å². The Kier molecular flexibility index (Phi) is 3.38. The molecule has 0 radical (unpaired) electrons. The topological polar surface area (TPSA) is 17.2 Å². The average Bonchev–Trinajstić information content (AvgIpc) is 2.38. The Morgan fingerprint density at radius 1 is 1.22 bits per heavy atom. The number of nitrogens with zero attached hydrogens (tertiary/aromatic N) is 2. The van der Waals surface area contributed by atoms with Crippen LogP contribution in [0.25, 0.3) is 16.0 Å². The quantitative estimate of drug-likeness (QED) is 0.703. The van der Waals surface area contributed by atoms with Crippen molar-refractivity contribution in [3.8, 4) is 11.1 Å². The predicted octanol–water partition coefficient (Wildman–Crippen LogP) is 4.56. The normalized spacial score (nSPS) is 10.4. The van der Waals surface area contributed by atoms with Gasteiger partial charge in [-0.3, -0.25) is 4.98 Å². The van der Waals surface area contributed by atoms with E-state index < -0.39 is 0 Å². The standard InChI is InChI=1S/C15H13FN2/c1-10(2)15-14(16)8-12(9-18-15)11-5-4-6-13(7-11)17-3/h4-10H,1-2H3. The Balaban J connectivity index is 2.46. The van der Waals surface area contributed by atoms with Crippen LogP contribution >= 0.6 is 0 Å². The molecule has 90 valence electrons. The van der Waals surface area contributed by atoms with Crippen LogP contribution in [0.2, 0.25) is 0 Å². The lowest BCUT2D eigenvalue weighted by Crippen LogP contribution is -1.97. The summed E-state index contributed by atoms with van der Waals surface area (Å²) in [4.78, 5) is 7.52. The van der Waals surface area contributed by atoms with Crippen LogP contribution in [0.5, 0.6) is 0 Å². The molecule has 0 atom stereocenters. The van der Waals surface area contributed by atoms with Crippen molar-refractivity contribution >= 4 is 5.69 Å². The second-order valence-corrected chi connectivity index (χ2v) is 4.41. The van der Waals surface area contributed by atoms with Crippen LogP contribution in [0.15, 0.2) is 36.5 Å². The molecular weight excluding hydrogens is 227 g/mol. The third-order valence-corrected chi connectivity index (χ3v) is 2.73. The first-order chi connectivity index (χ1) is 8.61. The van der Waals surface area contributed by atoms with E-state index in [9.17, 15) is 4.39 Å². The third-order valence-electron chi connectivity index (χ3n) is 2.73. The van der Waals surface area contributed by atoms with Crippen molar-refractivity contribution in [2.75, 3.05) is 0 Å². The second-order valence-electron chi connectivity index (χ2n) is 4.41. The first-order valence-corrected chi connectivity index (χ1v) is 5.75. The Hall–Kier alpha value is -2.21. The van der Waals surface area contributed by atoms with Gasteiger partial charge in [-0.1, -0.05) is 32.0 Å². The Labute approximate surface area is 106 Å². The number of halogens is 1. The minimum atomic E-state index is -0.296. The molecule has 0 fully saturated rings. The summed E-state index contributed by atoms with van der Waals surface area (Å²) >= 11 is 0. The largest absolute Gasteiger partial charge is 0.257 e. The van der Waals surface area contributed by atoms with E-state index in [1.807, 2.05) is 19.9 Å². The van der Waals surface area contributed by atoms with Gasteiger partial charge < -0.3 is 0 Å². The molecule has 0 N–H and O–H groups in total. The van der Waals surface area contributed by atoms with E-state index in [1.165, 1.54) is 6.07 Å². The fraction of sp³-hybridized carbons (Fsp3) is 0.200. The Bertz CT molecular complexity index is 612. The van der Waals surface area contributed by atoms with Gasteiger partial charge in [0, 0.05) is 11.8 Å². The molecule has 1 heterocycles. The van der Waals surface area contributed by atoms with Gasteiger partial charge in [-0.2, -0.15) is 0 Å². The van der Waals surface area contributed by atoms with Crippen LogP contribution in [0.3, 0.4) is 0 Å². The molecule has 0 saturated carbocycles. The summed E-state index contributed by atoms with van der Waals surface area (Å²) in [6.07, 6.45) is 1.65. The second kappa shape index (κ2) is 4.97. The molecule has 2 aromatic rings. The van der Waals surface area contributed by atoms with E-state index in [4.69, 9.17) is 6.57 Å². The summed E-state index contributed by atoms with van der Waals surface area (Å²) in [6.45, 7) is 10.8. The summed E-state index contributed by atoms with van der Waals surface area (Å²) in [5.41, 5.74) is 2.52. The van der Waals surface area contributed by atoms with Gasteiger partial charge in [-0.15, -0.1) is 0 Å². The molecule has 0 aliphatic rings. The van der Waals surface area contributed by atoms with E-state index in [0.29, 0.717) is 16.9 Å². The fourth-order valence-corrected chi connectivity index (χ4v) is 1.79. The van der Waals surface area contributed by atoms with Crippen LogP contribution in [0.1, 0.15) is 25.5 Å². The van der Waals surface area contributed by atoms with E-state index in [0.717, 1.165) is 5.56 Å². The molecule has 2 nitrogen and oxygen atoms in total. The molecule has 0 saturated heterocycles. The lowest BCUT2D eigenvalue weighted by Gasteiger charge is -2.08. The number of benzene rings is 1. The molecule has 2 rings (SSSR count). The molecule has 0 aliphatic heterocycles. The van der Waals surface area contributed by atoms with Crippen LogP contribution in [-0.4, -0.2) is 4.98 Å². The van der Waals surface area contributed by atoms with E-state index in [-0.39, 0.29) is 11.7 Å². The zero-order valence-corrected chi connectivity index (χ0v) is 10.3. The minimum Gasteiger partial charge on any atom is -0.257 e. The van der Waals surface area contributed by atoms with Crippen molar-refractivity contribution in [2.45, 2.75) is 19.8 Å². The summed E-state index contributed by atoms with van der Waals surface area (Å²) in [7, 11) is 0. The number of hydrogen-bond acceptors (Lipinski definition) is 1. The zero-order valence-electron chi connectivity index (χ0n) is 10.3. The first-order valence-electron chi connectivity index (χ1n) is 5.75. The van der Waals surface area contributed by atoms with Crippen LogP contribution in [-0.2, 0) is 0 Å². The van der Waals surface area contributed by atoms with Crippen molar-refractivity contribution in [1.82, 2.24) is 4.98 Å². The van der Waals surface area contributed by atoms with Crippen molar-refractivity contribution in [1.29, 1.82) is 0 Å². The lowest BCUT2D eigenvalue weighted by atomic mass is 10.0. The van der Waals surface area contributed by atoms with Crippen LogP contribution < -0.4 is 0 Å². The maximum atomic E-state index is 13.8. The van der Waals surface area contributed by atoms with Crippen LogP contribution in [0, 0.1) is 12.4 Å². The molecule has 3 heteroatoms. The highest BCUT2D eigenvalue weighted by atomic mass is 19.1. The molecule has 1 aromatic heterocycles. The smallest absolute Gasteiger partial charge is 0.187 e. The van der Waals surface area contributed by atoms with E-state index in [2.05, 4.69) is 9.83 Å². The van der Waals surface area contributed by atoms with E-state index in [1.54, 1.807) is 24.4 Å². The molecule has 0 spiro atoms. The summed E-state index contributed by atoms with van der Waals surface area (Å²) in [5, 5.41) is 0. The molecule has 0 unspecified atom stereocenters. The molecule has 0 amide bonds. The average molecular weight is 240 g/mol. The molecule has 0 bridgehead atoms. The SMILES string of the molecule is [C-]#[N+]c1cccc(-c2cnc(C(C)C)c(F)c2)c1. The zero-order chi connectivity index (χ0) is 13.1. The van der Waals surface area contributed by atoms with Crippen LogP contribution in [0.4, 0.5) is 10.1 Å². The highest BCUT2D eigenvalue weighted by Crippen LogP contribution is 2.26. The van der Waals surface area contributed by atoms with Gasteiger partial charge in [0.2, 0.25) is 0 Å². The Morgan fingerprint density at radius 3 is 2.61 bits per heavy atom. The molecule has 18 heavy (non-hydrogen) atoms. The number of aromatic nitrogens is 1. The molecular formula is C15H13FN2. The van der Waals surface area contributed by atoms with Crippen molar-refractivity contribution < 1.29 is 4.39 Å². The summed E-state index contributed by atoms with van der Waals surface area (Å²) in [6, 6.07) is 8.57. The molecule has 0 aliphatic carbocycles. The number of rotatable bonds is 2. The lowest BCUT2D eigenvalue weighted by molar-refractivity contribution is 0.585. The summed E-state index contributed by atoms with van der Waals surface area (Å²) in [5.74, 6) is -0.232. The van der Waals surface area contributed by atoms with Gasteiger partial charge in [0.25, 0.3) is 0 Å². The van der Waals surface area contributed by atoms with Gasteiger partial charge in [0.15, 0.2) is 5.69 Å². The fourth-order valence-electron chi connectivity index (χ4n) is 1.79. The predicted molar refractivity (Wildman–Crippen MR) is 70.0 cm³/mol. The highest BCUT2D eigenvalue weighted by molar-refractivity contribution is 5.67. The van der Waals surface area contributed by atoms with Crippen molar-refractivity contribution in [3.05, 3.63) is 59.5 Å². The van der Waals surface area contributed by atoms with Gasteiger partial charge >= 0.3 is 0 Å². The maximum absolute atomic E-state index is 13.8. The monoisotopic (exact) mass is 240 g/mol. The van der Waals surface area contributed by atoms with Crippen molar-refractivity contribution in [3.63, 3.8) is 0 Å². The minimum absolute atomic E-state index is 0.0635. The maximum Gasteiger partial charge on any atom is 0.187 e. The Morgan fingerprint density at radius 2 is 2.00 bits per heavy atom. The first kappa shape index (κ1) is 12.3. The number of hydrogen-bond donors (Lipinski definition) is 0. The van der Waals surface area contributed by atoms with Crippen molar-refractivity contribution in [2.24, 2.45) is 0 Å². The van der Waals surface area contributed by atoms with Gasteiger partial charge in [0.05, 0.1) is 12.3 Å². The highest BCUT2D eigenvalue weighted by Gasteiger charge is 2.10. The third kappa shape index (κ3) is 2.38. The van der Waals surface area contributed by atoms with Gasteiger partial charge in [-0.05, 0) is 23.6 Å². The van der Waals surface area contributed by atoms with Gasteiger partial charge in [0.1, 0.15) is 5.82 Å². The van der Waals surface area contributed by atoms with E-state index >= 15 is 0 Å². The molecule has 1 aromatic carbocycles.